The van der Waals surface area contributed by atoms with Crippen molar-refractivity contribution in [2.75, 3.05) is 18.6 Å². The Morgan fingerprint density at radius 3 is 2.58 bits per heavy atom. The summed E-state index contributed by atoms with van der Waals surface area (Å²) in [6.07, 6.45) is 0. The molecule has 1 heterocycles. The third-order valence-electron chi connectivity index (χ3n) is 4.76. The summed E-state index contributed by atoms with van der Waals surface area (Å²) in [7, 11) is 1.47. The van der Waals surface area contributed by atoms with E-state index >= 15 is 0 Å². The molecule has 1 aromatic heterocycles. The molecule has 0 aliphatic rings. The van der Waals surface area contributed by atoms with Gasteiger partial charge in [0.05, 0.1) is 24.1 Å². The van der Waals surface area contributed by atoms with Gasteiger partial charge in [0.2, 0.25) is 5.91 Å². The first-order valence-corrected chi connectivity index (χ1v) is 11.1. The Hall–Kier alpha value is -3.72. The second kappa shape index (κ2) is 10.7. The highest BCUT2D eigenvalue weighted by molar-refractivity contribution is 7.14. The summed E-state index contributed by atoms with van der Waals surface area (Å²) in [4.78, 5) is 42.7. The van der Waals surface area contributed by atoms with E-state index in [9.17, 15) is 14.4 Å². The largest absolute Gasteiger partial charge is 0.496 e. The van der Waals surface area contributed by atoms with E-state index in [1.54, 1.807) is 29.6 Å². The number of methoxy groups -OCH3 is 1. The van der Waals surface area contributed by atoms with Gasteiger partial charge in [-0.25, -0.2) is 4.98 Å². The quantitative estimate of drug-likeness (QED) is 0.504. The Bertz CT molecular complexity index is 1170. The molecule has 3 rings (SSSR count). The molecule has 2 aromatic carbocycles. The Kier molecular flexibility index (Phi) is 7.78. The maximum absolute atomic E-state index is 12.3. The number of aryl methyl sites for hydroxylation is 2. The first-order valence-electron chi connectivity index (χ1n) is 10.2. The van der Waals surface area contributed by atoms with Crippen molar-refractivity contribution in [2.24, 2.45) is 0 Å². The van der Waals surface area contributed by atoms with Crippen molar-refractivity contribution in [3.05, 3.63) is 70.2 Å². The fourth-order valence-corrected chi connectivity index (χ4v) is 4.08. The minimum absolute atomic E-state index is 0.0709. The second-order valence-corrected chi connectivity index (χ2v) is 8.15. The van der Waals surface area contributed by atoms with Crippen molar-refractivity contribution in [3.8, 4) is 5.75 Å². The molecular weight excluding hydrogens is 442 g/mol. The highest BCUT2D eigenvalue weighted by Gasteiger charge is 2.20. The van der Waals surface area contributed by atoms with Gasteiger partial charge >= 0.3 is 5.97 Å². The van der Waals surface area contributed by atoms with Crippen LogP contribution in [0.15, 0.2) is 47.8 Å². The van der Waals surface area contributed by atoms with Gasteiger partial charge in [0, 0.05) is 12.3 Å². The highest BCUT2D eigenvalue weighted by Crippen LogP contribution is 2.31. The Labute approximate surface area is 196 Å². The monoisotopic (exact) mass is 467 g/mol. The van der Waals surface area contributed by atoms with Crippen LogP contribution in [0.25, 0.3) is 0 Å². The van der Waals surface area contributed by atoms with Gasteiger partial charge in [0.1, 0.15) is 18.9 Å². The van der Waals surface area contributed by atoms with Gasteiger partial charge in [-0.2, -0.15) is 0 Å². The number of carbonyl (C=O) groups is 3. The molecule has 0 unspecified atom stereocenters. The molecule has 2 amide bonds. The van der Waals surface area contributed by atoms with Gasteiger partial charge in [0.25, 0.3) is 5.91 Å². The molecule has 0 spiro atoms. The molecule has 172 valence electrons. The fourth-order valence-electron chi connectivity index (χ4n) is 3.21. The first-order chi connectivity index (χ1) is 15.8. The van der Waals surface area contributed by atoms with Crippen LogP contribution in [0.1, 0.15) is 34.1 Å². The lowest BCUT2D eigenvalue weighted by Gasteiger charge is -2.20. The number of hydrogen-bond acceptors (Lipinski definition) is 7. The summed E-state index contributed by atoms with van der Waals surface area (Å²) in [6, 6.07) is 12.5. The summed E-state index contributed by atoms with van der Waals surface area (Å²) in [5.41, 5.74) is 3.65. The Morgan fingerprint density at radius 1 is 1.12 bits per heavy atom. The lowest BCUT2D eigenvalue weighted by Crippen LogP contribution is -2.30. The fraction of sp³-hybridized carbons (Fsp3) is 0.250. The zero-order chi connectivity index (χ0) is 24.0. The average molecular weight is 468 g/mol. The van der Waals surface area contributed by atoms with Gasteiger partial charge in [0.15, 0.2) is 5.13 Å². The molecule has 3 aromatic rings. The van der Waals surface area contributed by atoms with E-state index in [-0.39, 0.29) is 19.1 Å². The van der Waals surface area contributed by atoms with E-state index in [4.69, 9.17) is 9.47 Å². The van der Waals surface area contributed by atoms with Crippen LogP contribution in [0.2, 0.25) is 0 Å². The number of anilines is 2. The SMILES string of the molecule is COc1ccccc1C(=O)NCC(=O)OCc1csc(N(C(C)=O)c2ccc(C)cc2C)n1. The van der Waals surface area contributed by atoms with Crippen molar-refractivity contribution in [1.29, 1.82) is 0 Å². The summed E-state index contributed by atoms with van der Waals surface area (Å²) in [5.74, 6) is -0.798. The number of hydrogen-bond donors (Lipinski definition) is 1. The summed E-state index contributed by atoms with van der Waals surface area (Å²) in [6.45, 7) is 5.04. The molecule has 33 heavy (non-hydrogen) atoms. The number of ether oxygens (including phenoxy) is 2. The van der Waals surface area contributed by atoms with Crippen LogP contribution >= 0.6 is 11.3 Å². The molecular formula is C24H25N3O5S. The minimum Gasteiger partial charge on any atom is -0.496 e. The number of nitrogens with zero attached hydrogens (tertiary/aromatic N) is 2. The normalized spacial score (nSPS) is 10.4. The zero-order valence-corrected chi connectivity index (χ0v) is 19.7. The maximum atomic E-state index is 12.3. The molecule has 0 radical (unpaired) electrons. The molecule has 9 heteroatoms. The molecule has 0 bridgehead atoms. The van der Waals surface area contributed by atoms with Crippen molar-refractivity contribution in [2.45, 2.75) is 27.4 Å². The van der Waals surface area contributed by atoms with E-state index in [0.29, 0.717) is 22.1 Å². The molecule has 0 saturated carbocycles. The van der Waals surface area contributed by atoms with Gasteiger partial charge in [-0.15, -0.1) is 11.3 Å². The summed E-state index contributed by atoms with van der Waals surface area (Å²) < 4.78 is 10.4. The molecule has 0 aliphatic carbocycles. The van der Waals surface area contributed by atoms with Gasteiger partial charge in [-0.1, -0.05) is 29.8 Å². The van der Waals surface area contributed by atoms with Crippen LogP contribution in [-0.2, 0) is 20.9 Å². The minimum atomic E-state index is -0.606. The Balaban J connectivity index is 1.59. The third-order valence-corrected chi connectivity index (χ3v) is 5.64. The van der Waals surface area contributed by atoms with Crippen LogP contribution in [0.4, 0.5) is 10.8 Å². The molecule has 0 aliphatic heterocycles. The molecule has 1 N–H and O–H groups in total. The van der Waals surface area contributed by atoms with Crippen molar-refractivity contribution >= 4 is 39.9 Å². The Morgan fingerprint density at radius 2 is 1.88 bits per heavy atom. The van der Waals surface area contributed by atoms with Crippen LogP contribution < -0.4 is 15.0 Å². The molecule has 0 saturated heterocycles. The number of rotatable bonds is 8. The van der Waals surface area contributed by atoms with Crippen LogP contribution in [0, 0.1) is 13.8 Å². The summed E-state index contributed by atoms with van der Waals surface area (Å²) in [5, 5.41) is 4.74. The number of para-hydroxylation sites is 1. The number of nitrogens with one attached hydrogen (secondary N) is 1. The smallest absolute Gasteiger partial charge is 0.325 e. The lowest BCUT2D eigenvalue weighted by atomic mass is 10.1. The number of aromatic nitrogens is 1. The lowest BCUT2D eigenvalue weighted by molar-refractivity contribution is -0.143. The average Bonchev–Trinajstić information content (AvgIpc) is 3.25. The number of esters is 1. The highest BCUT2D eigenvalue weighted by atomic mass is 32.1. The maximum Gasteiger partial charge on any atom is 0.325 e. The van der Waals surface area contributed by atoms with E-state index in [1.807, 2.05) is 32.0 Å². The van der Waals surface area contributed by atoms with Crippen molar-refractivity contribution in [1.82, 2.24) is 10.3 Å². The van der Waals surface area contributed by atoms with Crippen molar-refractivity contribution in [3.63, 3.8) is 0 Å². The molecule has 0 fully saturated rings. The van der Waals surface area contributed by atoms with E-state index in [1.165, 1.54) is 30.3 Å². The zero-order valence-electron chi connectivity index (χ0n) is 18.9. The van der Waals surface area contributed by atoms with Crippen LogP contribution in [0.3, 0.4) is 0 Å². The van der Waals surface area contributed by atoms with Crippen molar-refractivity contribution < 1.29 is 23.9 Å². The van der Waals surface area contributed by atoms with Gasteiger partial charge < -0.3 is 14.8 Å². The summed E-state index contributed by atoms with van der Waals surface area (Å²) >= 11 is 1.28. The number of thiazole rings is 1. The predicted octanol–water partition coefficient (Wildman–Crippen LogP) is 3.93. The second-order valence-electron chi connectivity index (χ2n) is 7.31. The molecule has 8 nitrogen and oxygen atoms in total. The number of benzene rings is 2. The van der Waals surface area contributed by atoms with Gasteiger partial charge in [-0.05, 0) is 37.6 Å². The standard InChI is InChI=1S/C24H25N3O5S/c1-15-9-10-20(16(2)11-15)27(17(3)28)24-26-18(14-33-24)13-32-22(29)12-25-23(30)19-7-5-6-8-21(19)31-4/h5-11,14H,12-13H2,1-4H3,(H,25,30). The van der Waals surface area contributed by atoms with Gasteiger partial charge in [-0.3, -0.25) is 19.3 Å². The van der Waals surface area contributed by atoms with Crippen LogP contribution in [0.5, 0.6) is 5.75 Å². The van der Waals surface area contributed by atoms with E-state index in [0.717, 1.165) is 16.8 Å². The van der Waals surface area contributed by atoms with E-state index < -0.39 is 11.9 Å². The predicted molar refractivity (Wildman–Crippen MR) is 126 cm³/mol. The third kappa shape index (κ3) is 5.95. The molecule has 0 atom stereocenters. The van der Waals surface area contributed by atoms with E-state index in [2.05, 4.69) is 10.3 Å². The number of amides is 2. The first kappa shape index (κ1) is 23.9. The van der Waals surface area contributed by atoms with Crippen LogP contribution in [-0.4, -0.2) is 36.4 Å². The number of carbonyl (C=O) groups excluding carboxylic acids is 3. The topological polar surface area (TPSA) is 97.8 Å².